The molecule has 23 heavy (non-hydrogen) atoms. The molecule has 2 heterocycles. The third-order valence-electron chi connectivity index (χ3n) is 4.13. The van der Waals surface area contributed by atoms with Crippen LogP contribution in [0.2, 0.25) is 0 Å². The topological polar surface area (TPSA) is 52.5 Å². The number of rotatable bonds is 5. The number of ether oxygens (including phenoxy) is 1. The highest BCUT2D eigenvalue weighted by molar-refractivity contribution is 5.68. The Labute approximate surface area is 136 Å². The largest absolute Gasteiger partial charge is 0.494 e. The summed E-state index contributed by atoms with van der Waals surface area (Å²) >= 11 is 0. The lowest BCUT2D eigenvalue weighted by Gasteiger charge is -2.13. The van der Waals surface area contributed by atoms with Crippen LogP contribution in [0.3, 0.4) is 0 Å². The normalized spacial score (nSPS) is 12.5. The molecule has 1 aromatic carbocycles. The molecule has 0 fully saturated rings. The number of benzene rings is 1. The highest BCUT2D eigenvalue weighted by atomic mass is 16.5. The molecule has 0 amide bonds. The van der Waals surface area contributed by atoms with Crippen molar-refractivity contribution in [3.63, 3.8) is 0 Å². The molecule has 1 unspecified atom stereocenters. The van der Waals surface area contributed by atoms with Gasteiger partial charge >= 0.3 is 0 Å². The van der Waals surface area contributed by atoms with E-state index in [4.69, 9.17) is 15.5 Å². The van der Waals surface area contributed by atoms with Crippen molar-refractivity contribution in [2.45, 2.75) is 26.7 Å². The van der Waals surface area contributed by atoms with Gasteiger partial charge in [-0.2, -0.15) is 0 Å². The first-order chi connectivity index (χ1) is 11.2. The van der Waals surface area contributed by atoms with Gasteiger partial charge in [0, 0.05) is 23.7 Å². The molecule has 2 N–H and O–H groups in total. The Balaban J connectivity index is 2.18. The lowest BCUT2D eigenvalue weighted by molar-refractivity contribution is 0.340. The summed E-state index contributed by atoms with van der Waals surface area (Å²) in [5, 5.41) is 0. The summed E-state index contributed by atoms with van der Waals surface area (Å²) in [5.41, 5.74) is 11.3. The van der Waals surface area contributed by atoms with Gasteiger partial charge < -0.3 is 14.9 Å². The van der Waals surface area contributed by atoms with Crippen LogP contribution in [0.1, 0.15) is 31.2 Å². The minimum atomic E-state index is 0.229. The Hall–Kier alpha value is -2.33. The minimum Gasteiger partial charge on any atom is -0.494 e. The molecule has 2 aromatic heterocycles. The molecular weight excluding hydrogens is 286 g/mol. The first kappa shape index (κ1) is 15.6. The second-order valence-electron chi connectivity index (χ2n) is 5.80. The first-order valence-electron chi connectivity index (χ1n) is 8.07. The van der Waals surface area contributed by atoms with Crippen molar-refractivity contribution in [3.05, 3.63) is 53.9 Å². The van der Waals surface area contributed by atoms with Gasteiger partial charge in [0.1, 0.15) is 11.4 Å². The zero-order valence-corrected chi connectivity index (χ0v) is 13.9. The van der Waals surface area contributed by atoms with E-state index in [1.807, 2.05) is 31.2 Å². The van der Waals surface area contributed by atoms with Crippen molar-refractivity contribution in [1.82, 2.24) is 9.38 Å². The third-order valence-corrected chi connectivity index (χ3v) is 4.13. The highest BCUT2D eigenvalue weighted by Crippen LogP contribution is 2.31. The quantitative estimate of drug-likeness (QED) is 0.780. The summed E-state index contributed by atoms with van der Waals surface area (Å²) < 4.78 is 7.74. The molecule has 0 saturated heterocycles. The second kappa shape index (κ2) is 6.42. The summed E-state index contributed by atoms with van der Waals surface area (Å²) in [6.07, 6.45) is 0. The second-order valence-corrected chi connectivity index (χ2v) is 5.80. The zero-order valence-electron chi connectivity index (χ0n) is 13.9. The summed E-state index contributed by atoms with van der Waals surface area (Å²) in [6, 6.07) is 14.3. The predicted molar refractivity (Wildman–Crippen MR) is 94.0 cm³/mol. The molecule has 120 valence electrons. The van der Waals surface area contributed by atoms with Crippen LogP contribution in [0, 0.1) is 6.92 Å². The third kappa shape index (κ3) is 2.82. The van der Waals surface area contributed by atoms with Gasteiger partial charge in [0.15, 0.2) is 0 Å². The highest BCUT2D eigenvalue weighted by Gasteiger charge is 2.19. The van der Waals surface area contributed by atoms with Crippen LogP contribution in [-0.2, 0) is 0 Å². The van der Waals surface area contributed by atoms with Crippen molar-refractivity contribution in [2.75, 3.05) is 13.2 Å². The average Bonchev–Trinajstić information content (AvgIpc) is 2.96. The molecule has 4 nitrogen and oxygen atoms in total. The summed E-state index contributed by atoms with van der Waals surface area (Å²) in [7, 11) is 0. The summed E-state index contributed by atoms with van der Waals surface area (Å²) in [5.74, 6) is 1.11. The number of aryl methyl sites for hydroxylation is 1. The van der Waals surface area contributed by atoms with Crippen LogP contribution in [-0.4, -0.2) is 22.5 Å². The van der Waals surface area contributed by atoms with Crippen LogP contribution in [0.15, 0.2) is 42.5 Å². The molecule has 0 saturated carbocycles. The Kier molecular flexibility index (Phi) is 4.35. The van der Waals surface area contributed by atoms with Gasteiger partial charge in [-0.25, -0.2) is 4.98 Å². The molecule has 0 aliphatic carbocycles. The lowest BCUT2D eigenvalue weighted by Crippen LogP contribution is -2.12. The average molecular weight is 309 g/mol. The maximum atomic E-state index is 5.95. The molecule has 0 spiro atoms. The van der Waals surface area contributed by atoms with Crippen molar-refractivity contribution < 1.29 is 4.74 Å². The van der Waals surface area contributed by atoms with E-state index in [0.717, 1.165) is 22.7 Å². The van der Waals surface area contributed by atoms with E-state index in [1.165, 1.54) is 11.4 Å². The van der Waals surface area contributed by atoms with Crippen LogP contribution < -0.4 is 10.5 Å². The maximum Gasteiger partial charge on any atom is 0.137 e. The van der Waals surface area contributed by atoms with E-state index >= 15 is 0 Å². The lowest BCUT2D eigenvalue weighted by atomic mass is 10.0. The fourth-order valence-corrected chi connectivity index (χ4v) is 2.94. The number of aromatic nitrogens is 2. The van der Waals surface area contributed by atoms with Crippen molar-refractivity contribution >= 4 is 5.65 Å². The number of pyridine rings is 1. The number of fused-ring (bicyclic) bond motifs is 1. The van der Waals surface area contributed by atoms with E-state index in [9.17, 15) is 0 Å². The number of nitrogens with zero attached hydrogens (tertiary/aromatic N) is 2. The fourth-order valence-electron chi connectivity index (χ4n) is 2.94. The molecule has 0 aliphatic rings. The molecule has 0 aliphatic heterocycles. The Morgan fingerprint density at radius 2 is 1.91 bits per heavy atom. The summed E-state index contributed by atoms with van der Waals surface area (Å²) in [4.78, 5) is 4.86. The standard InChI is InChI=1S/C19H23N3O/c1-4-23-16-10-8-15(9-11-16)18-19(13(2)12-20)22-14(3)6-5-7-17(22)21-18/h5-11,13H,4,12,20H2,1-3H3. The molecule has 3 rings (SSSR count). The van der Waals surface area contributed by atoms with Gasteiger partial charge in [-0.3, -0.25) is 0 Å². The van der Waals surface area contributed by atoms with Crippen LogP contribution >= 0.6 is 0 Å². The van der Waals surface area contributed by atoms with Gasteiger partial charge in [0.05, 0.1) is 18.0 Å². The first-order valence-corrected chi connectivity index (χ1v) is 8.07. The molecular formula is C19H23N3O. The molecule has 3 aromatic rings. The monoisotopic (exact) mass is 309 g/mol. The van der Waals surface area contributed by atoms with Crippen LogP contribution in [0.5, 0.6) is 5.75 Å². The van der Waals surface area contributed by atoms with Gasteiger partial charge in [-0.15, -0.1) is 0 Å². The van der Waals surface area contributed by atoms with Gasteiger partial charge in [-0.1, -0.05) is 13.0 Å². The van der Waals surface area contributed by atoms with Gasteiger partial charge in [0.2, 0.25) is 0 Å². The smallest absolute Gasteiger partial charge is 0.137 e. The molecule has 0 radical (unpaired) electrons. The number of nitrogens with two attached hydrogens (primary N) is 1. The fraction of sp³-hybridized carbons (Fsp3) is 0.316. The number of hydrogen-bond donors (Lipinski definition) is 1. The molecule has 4 heteroatoms. The Bertz CT molecular complexity index is 805. The van der Waals surface area contributed by atoms with Crippen LogP contribution in [0.25, 0.3) is 16.9 Å². The number of imidazole rings is 1. The van der Waals surface area contributed by atoms with E-state index in [1.54, 1.807) is 0 Å². The molecule has 1 atom stereocenters. The molecule has 0 bridgehead atoms. The van der Waals surface area contributed by atoms with E-state index in [2.05, 4.69) is 36.4 Å². The zero-order chi connectivity index (χ0) is 16.4. The predicted octanol–water partition coefficient (Wildman–Crippen LogP) is 3.77. The van der Waals surface area contributed by atoms with Gasteiger partial charge in [-0.05, 0) is 50.2 Å². The van der Waals surface area contributed by atoms with Crippen LogP contribution in [0.4, 0.5) is 0 Å². The summed E-state index contributed by atoms with van der Waals surface area (Å²) in [6.45, 7) is 7.49. The Morgan fingerprint density at radius 1 is 1.17 bits per heavy atom. The van der Waals surface area contributed by atoms with E-state index in [0.29, 0.717) is 13.2 Å². The number of hydrogen-bond acceptors (Lipinski definition) is 3. The van der Waals surface area contributed by atoms with E-state index < -0.39 is 0 Å². The Morgan fingerprint density at radius 3 is 2.57 bits per heavy atom. The SMILES string of the molecule is CCOc1ccc(-c2nc3cccc(C)n3c2C(C)CN)cc1. The maximum absolute atomic E-state index is 5.95. The van der Waals surface area contributed by atoms with Crippen molar-refractivity contribution in [2.24, 2.45) is 5.73 Å². The van der Waals surface area contributed by atoms with Crippen molar-refractivity contribution in [1.29, 1.82) is 0 Å². The van der Waals surface area contributed by atoms with Crippen molar-refractivity contribution in [3.8, 4) is 17.0 Å². The van der Waals surface area contributed by atoms with E-state index in [-0.39, 0.29) is 5.92 Å². The minimum absolute atomic E-state index is 0.229. The van der Waals surface area contributed by atoms with Gasteiger partial charge in [0.25, 0.3) is 0 Å².